The number of carbonyl (C=O) groups excluding carboxylic acids is 1. The van der Waals surface area contributed by atoms with Crippen LogP contribution in [0.1, 0.15) is 27.2 Å². The van der Waals surface area contributed by atoms with Crippen LogP contribution in [0.25, 0.3) is 10.9 Å². The Balaban J connectivity index is 1.89. The molecular weight excluding hydrogens is 288 g/mol. The monoisotopic (exact) mass is 306 g/mol. The number of benzene rings is 2. The summed E-state index contributed by atoms with van der Waals surface area (Å²) in [5.41, 5.74) is 9.96. The van der Waals surface area contributed by atoms with Crippen LogP contribution >= 0.6 is 0 Å². The van der Waals surface area contributed by atoms with Crippen LogP contribution in [0.5, 0.6) is 5.75 Å². The normalized spacial score (nSPS) is 10.7. The Labute approximate surface area is 134 Å². The van der Waals surface area contributed by atoms with E-state index in [0.29, 0.717) is 17.9 Å². The molecule has 0 saturated heterocycles. The number of carbonyl (C=O) groups is 1. The number of para-hydroxylation sites is 1. The quantitative estimate of drug-likeness (QED) is 0.802. The van der Waals surface area contributed by atoms with E-state index in [2.05, 4.69) is 18.0 Å². The minimum atomic E-state index is -0.442. The van der Waals surface area contributed by atoms with Gasteiger partial charge >= 0.3 is 0 Å². The van der Waals surface area contributed by atoms with Gasteiger partial charge in [-0.15, -0.1) is 0 Å². The lowest BCUT2D eigenvalue weighted by molar-refractivity contribution is 0.100. The van der Waals surface area contributed by atoms with Gasteiger partial charge in [-0.1, -0.05) is 18.2 Å². The number of rotatable bonds is 4. The van der Waals surface area contributed by atoms with Crippen LogP contribution in [0.2, 0.25) is 0 Å². The predicted octanol–water partition coefficient (Wildman–Crippen LogP) is 3.53. The highest BCUT2D eigenvalue weighted by Crippen LogP contribution is 2.24. The molecule has 0 aliphatic heterocycles. The fourth-order valence-electron chi connectivity index (χ4n) is 2.57. The van der Waals surface area contributed by atoms with E-state index >= 15 is 0 Å². The fourth-order valence-corrected chi connectivity index (χ4v) is 2.57. The van der Waals surface area contributed by atoms with Crippen molar-refractivity contribution in [1.82, 2.24) is 4.98 Å². The summed E-state index contributed by atoms with van der Waals surface area (Å²) < 4.78 is 5.89. The molecule has 116 valence electrons. The molecular formula is C19H18N2O2. The van der Waals surface area contributed by atoms with Crippen molar-refractivity contribution in [2.75, 3.05) is 0 Å². The van der Waals surface area contributed by atoms with E-state index in [-0.39, 0.29) is 0 Å². The van der Waals surface area contributed by atoms with Crippen LogP contribution in [0.3, 0.4) is 0 Å². The first-order valence-electron chi connectivity index (χ1n) is 7.44. The number of primary amides is 1. The van der Waals surface area contributed by atoms with E-state index in [1.165, 1.54) is 0 Å². The highest BCUT2D eigenvalue weighted by Gasteiger charge is 2.10. The third kappa shape index (κ3) is 3.01. The van der Waals surface area contributed by atoms with E-state index in [1.54, 1.807) is 24.3 Å². The van der Waals surface area contributed by atoms with Gasteiger partial charge < -0.3 is 10.5 Å². The third-order valence-electron chi connectivity index (χ3n) is 4.03. The summed E-state index contributed by atoms with van der Waals surface area (Å²) in [6.07, 6.45) is 0. The van der Waals surface area contributed by atoms with Crippen molar-refractivity contribution in [3.05, 3.63) is 70.9 Å². The molecule has 1 aromatic heterocycles. The minimum Gasteiger partial charge on any atom is -0.489 e. The second kappa shape index (κ2) is 6.08. The van der Waals surface area contributed by atoms with E-state index in [4.69, 9.17) is 10.5 Å². The first kappa shape index (κ1) is 15.0. The number of hydrogen-bond acceptors (Lipinski definition) is 3. The van der Waals surface area contributed by atoms with Gasteiger partial charge in [-0.25, -0.2) is 0 Å². The van der Waals surface area contributed by atoms with Crippen LogP contribution < -0.4 is 10.5 Å². The van der Waals surface area contributed by atoms with Crippen LogP contribution in [-0.2, 0) is 6.61 Å². The van der Waals surface area contributed by atoms with E-state index in [0.717, 1.165) is 27.7 Å². The predicted molar refractivity (Wildman–Crippen MR) is 90.5 cm³/mol. The van der Waals surface area contributed by atoms with Crippen molar-refractivity contribution in [3.8, 4) is 5.75 Å². The maximum atomic E-state index is 11.1. The summed E-state index contributed by atoms with van der Waals surface area (Å²) in [5, 5.41) is 1.10. The average molecular weight is 306 g/mol. The third-order valence-corrected chi connectivity index (χ3v) is 4.03. The summed E-state index contributed by atoms with van der Waals surface area (Å²) >= 11 is 0. The highest BCUT2D eigenvalue weighted by atomic mass is 16.5. The number of pyridine rings is 1. The fraction of sp³-hybridized carbons (Fsp3) is 0.158. The van der Waals surface area contributed by atoms with Gasteiger partial charge in [-0.3, -0.25) is 9.78 Å². The lowest BCUT2D eigenvalue weighted by Crippen LogP contribution is -2.10. The standard InChI is InChI=1S/C19H18N2O2/c1-12-13(2)21-18-6-4-3-5-16(18)17(12)11-23-15-9-7-14(8-10-15)19(20)22/h3-10H,11H2,1-2H3,(H2,20,22). The van der Waals surface area contributed by atoms with Gasteiger partial charge in [-0.05, 0) is 49.7 Å². The van der Waals surface area contributed by atoms with Crippen LogP contribution in [0.15, 0.2) is 48.5 Å². The molecule has 4 nitrogen and oxygen atoms in total. The molecule has 1 amide bonds. The first-order valence-corrected chi connectivity index (χ1v) is 7.44. The zero-order chi connectivity index (χ0) is 16.4. The van der Waals surface area contributed by atoms with Crippen molar-refractivity contribution in [1.29, 1.82) is 0 Å². The largest absolute Gasteiger partial charge is 0.489 e. The van der Waals surface area contributed by atoms with Gasteiger partial charge in [0.15, 0.2) is 0 Å². The summed E-state index contributed by atoms with van der Waals surface area (Å²) in [4.78, 5) is 15.7. The zero-order valence-corrected chi connectivity index (χ0v) is 13.2. The summed E-state index contributed by atoms with van der Waals surface area (Å²) in [6, 6.07) is 14.9. The average Bonchev–Trinajstić information content (AvgIpc) is 2.55. The SMILES string of the molecule is Cc1nc2ccccc2c(COc2ccc(C(N)=O)cc2)c1C. The summed E-state index contributed by atoms with van der Waals surface area (Å²) in [5.74, 6) is 0.260. The molecule has 0 unspecified atom stereocenters. The second-order valence-electron chi connectivity index (χ2n) is 5.50. The van der Waals surface area contributed by atoms with Crippen molar-refractivity contribution in [2.24, 2.45) is 5.73 Å². The number of amides is 1. The Kier molecular flexibility index (Phi) is 3.98. The van der Waals surface area contributed by atoms with Gasteiger partial charge in [0.1, 0.15) is 12.4 Å². The Morgan fingerprint density at radius 1 is 1.09 bits per heavy atom. The van der Waals surface area contributed by atoms with Crippen molar-refractivity contribution in [2.45, 2.75) is 20.5 Å². The molecule has 0 bridgehead atoms. The number of aryl methyl sites for hydroxylation is 1. The lowest BCUT2D eigenvalue weighted by atomic mass is 10.0. The zero-order valence-electron chi connectivity index (χ0n) is 13.2. The van der Waals surface area contributed by atoms with E-state index < -0.39 is 5.91 Å². The topological polar surface area (TPSA) is 65.2 Å². The van der Waals surface area contributed by atoms with Crippen LogP contribution in [0.4, 0.5) is 0 Å². The Morgan fingerprint density at radius 2 is 1.78 bits per heavy atom. The molecule has 0 radical (unpaired) electrons. The van der Waals surface area contributed by atoms with Crippen molar-refractivity contribution in [3.63, 3.8) is 0 Å². The lowest BCUT2D eigenvalue weighted by Gasteiger charge is -2.13. The number of aromatic nitrogens is 1. The minimum absolute atomic E-state index is 0.442. The molecule has 3 rings (SSSR count). The maximum absolute atomic E-state index is 11.1. The van der Waals surface area contributed by atoms with Gasteiger partial charge in [0, 0.05) is 22.2 Å². The second-order valence-corrected chi connectivity index (χ2v) is 5.50. The Morgan fingerprint density at radius 3 is 2.48 bits per heavy atom. The molecule has 0 aliphatic rings. The molecule has 0 fully saturated rings. The smallest absolute Gasteiger partial charge is 0.248 e. The summed E-state index contributed by atoms with van der Waals surface area (Å²) in [7, 11) is 0. The maximum Gasteiger partial charge on any atom is 0.248 e. The Hall–Kier alpha value is -2.88. The molecule has 1 heterocycles. The highest BCUT2D eigenvalue weighted by molar-refractivity contribution is 5.92. The van der Waals surface area contributed by atoms with E-state index in [9.17, 15) is 4.79 Å². The number of hydrogen-bond donors (Lipinski definition) is 1. The molecule has 0 aliphatic carbocycles. The molecule has 0 spiro atoms. The van der Waals surface area contributed by atoms with Crippen molar-refractivity contribution >= 4 is 16.8 Å². The van der Waals surface area contributed by atoms with Crippen LogP contribution in [0, 0.1) is 13.8 Å². The molecule has 4 heteroatoms. The van der Waals surface area contributed by atoms with Gasteiger partial charge in [0.05, 0.1) is 5.52 Å². The van der Waals surface area contributed by atoms with Crippen molar-refractivity contribution < 1.29 is 9.53 Å². The number of ether oxygens (including phenoxy) is 1. The summed E-state index contributed by atoms with van der Waals surface area (Å²) in [6.45, 7) is 4.52. The Bertz CT molecular complexity index is 870. The molecule has 23 heavy (non-hydrogen) atoms. The molecule has 2 aromatic carbocycles. The van der Waals surface area contributed by atoms with Gasteiger partial charge in [0.25, 0.3) is 0 Å². The molecule has 0 atom stereocenters. The molecule has 2 N–H and O–H groups in total. The molecule has 3 aromatic rings. The van der Waals surface area contributed by atoms with Gasteiger partial charge in [-0.2, -0.15) is 0 Å². The van der Waals surface area contributed by atoms with E-state index in [1.807, 2.05) is 25.1 Å². The van der Waals surface area contributed by atoms with Crippen LogP contribution in [-0.4, -0.2) is 10.9 Å². The number of nitrogens with zero attached hydrogens (tertiary/aromatic N) is 1. The number of nitrogens with two attached hydrogens (primary N) is 1. The first-order chi connectivity index (χ1) is 11.1. The van der Waals surface area contributed by atoms with Gasteiger partial charge in [0.2, 0.25) is 5.91 Å². The molecule has 0 saturated carbocycles. The number of fused-ring (bicyclic) bond motifs is 1.